The number of hydrogen-bond acceptors (Lipinski definition) is 3. The maximum atomic E-state index is 11.4. The Balaban J connectivity index is 2.44. The molecule has 1 fully saturated rings. The van der Waals surface area contributed by atoms with Crippen molar-refractivity contribution >= 4 is 5.91 Å². The number of carbonyl (C=O) groups is 1. The van der Waals surface area contributed by atoms with Crippen LogP contribution in [-0.4, -0.2) is 43.0 Å². The SMILES string of the molecule is CC1C(=O)NCCCN1CCCN. The van der Waals surface area contributed by atoms with Crippen molar-refractivity contribution < 1.29 is 4.79 Å². The summed E-state index contributed by atoms with van der Waals surface area (Å²) in [5.74, 6) is 0.148. The minimum Gasteiger partial charge on any atom is -0.355 e. The molecule has 1 amide bonds. The number of nitrogens with one attached hydrogen (secondary N) is 1. The Bertz CT molecular complexity index is 172. The Morgan fingerprint density at radius 1 is 1.69 bits per heavy atom. The summed E-state index contributed by atoms with van der Waals surface area (Å²) in [4.78, 5) is 13.6. The van der Waals surface area contributed by atoms with Crippen molar-refractivity contribution in [2.75, 3.05) is 26.2 Å². The molecule has 0 bridgehead atoms. The molecule has 1 aliphatic heterocycles. The van der Waals surface area contributed by atoms with Gasteiger partial charge in [-0.05, 0) is 26.3 Å². The molecule has 0 aromatic heterocycles. The quantitative estimate of drug-likeness (QED) is 0.626. The van der Waals surface area contributed by atoms with Gasteiger partial charge in [0.1, 0.15) is 0 Å². The highest BCUT2D eigenvalue weighted by Gasteiger charge is 2.22. The summed E-state index contributed by atoms with van der Waals surface area (Å²) in [6.45, 7) is 5.40. The average molecular weight is 185 g/mol. The Morgan fingerprint density at radius 2 is 2.46 bits per heavy atom. The van der Waals surface area contributed by atoms with E-state index in [0.29, 0.717) is 6.54 Å². The molecule has 1 heterocycles. The summed E-state index contributed by atoms with van der Waals surface area (Å²) in [7, 11) is 0. The van der Waals surface area contributed by atoms with Gasteiger partial charge in [0.25, 0.3) is 0 Å². The van der Waals surface area contributed by atoms with Gasteiger partial charge in [-0.3, -0.25) is 9.69 Å². The van der Waals surface area contributed by atoms with Crippen LogP contribution in [0, 0.1) is 0 Å². The van der Waals surface area contributed by atoms with Crippen LogP contribution in [-0.2, 0) is 4.79 Å². The molecule has 0 saturated carbocycles. The second-order valence-corrected chi connectivity index (χ2v) is 3.50. The van der Waals surface area contributed by atoms with Crippen molar-refractivity contribution in [3.05, 3.63) is 0 Å². The zero-order valence-corrected chi connectivity index (χ0v) is 8.25. The van der Waals surface area contributed by atoms with Gasteiger partial charge in [0.05, 0.1) is 6.04 Å². The van der Waals surface area contributed by atoms with Gasteiger partial charge in [0.15, 0.2) is 0 Å². The van der Waals surface area contributed by atoms with Gasteiger partial charge in [-0.1, -0.05) is 0 Å². The van der Waals surface area contributed by atoms with Crippen LogP contribution in [0.5, 0.6) is 0 Å². The second kappa shape index (κ2) is 5.19. The van der Waals surface area contributed by atoms with E-state index in [0.717, 1.165) is 32.5 Å². The summed E-state index contributed by atoms with van der Waals surface area (Å²) in [5, 5.41) is 2.89. The predicted molar refractivity (Wildman–Crippen MR) is 52.3 cm³/mol. The van der Waals surface area contributed by atoms with Crippen LogP contribution in [0.3, 0.4) is 0 Å². The topological polar surface area (TPSA) is 58.4 Å². The molecule has 0 aromatic rings. The minimum atomic E-state index is 0.00838. The number of nitrogens with two attached hydrogens (primary N) is 1. The monoisotopic (exact) mass is 185 g/mol. The van der Waals surface area contributed by atoms with E-state index in [9.17, 15) is 4.79 Å². The molecule has 0 aliphatic carbocycles. The predicted octanol–water partition coefficient (Wildman–Crippen LogP) is -0.454. The molecule has 4 heteroatoms. The highest BCUT2D eigenvalue weighted by molar-refractivity contribution is 5.81. The Labute approximate surface area is 79.5 Å². The fourth-order valence-electron chi connectivity index (χ4n) is 1.60. The molecule has 1 unspecified atom stereocenters. The van der Waals surface area contributed by atoms with Gasteiger partial charge < -0.3 is 11.1 Å². The first kappa shape index (κ1) is 10.5. The van der Waals surface area contributed by atoms with E-state index in [1.54, 1.807) is 0 Å². The van der Waals surface area contributed by atoms with Crippen LogP contribution in [0.4, 0.5) is 0 Å². The Morgan fingerprint density at radius 3 is 3.15 bits per heavy atom. The Kier molecular flexibility index (Phi) is 4.18. The zero-order chi connectivity index (χ0) is 9.68. The van der Waals surface area contributed by atoms with Gasteiger partial charge in [0.2, 0.25) is 5.91 Å². The maximum Gasteiger partial charge on any atom is 0.237 e. The molecule has 1 aliphatic rings. The van der Waals surface area contributed by atoms with E-state index in [1.165, 1.54) is 0 Å². The highest BCUT2D eigenvalue weighted by Crippen LogP contribution is 2.04. The zero-order valence-electron chi connectivity index (χ0n) is 8.25. The first-order chi connectivity index (χ1) is 6.25. The van der Waals surface area contributed by atoms with Crippen LogP contribution in [0.2, 0.25) is 0 Å². The summed E-state index contributed by atoms with van der Waals surface area (Å²) in [6, 6.07) is 0.00838. The van der Waals surface area contributed by atoms with Gasteiger partial charge in [-0.2, -0.15) is 0 Å². The lowest BCUT2D eigenvalue weighted by molar-refractivity contribution is -0.124. The molecule has 76 valence electrons. The van der Waals surface area contributed by atoms with E-state index in [1.807, 2.05) is 6.92 Å². The lowest BCUT2D eigenvalue weighted by Crippen LogP contribution is -2.42. The van der Waals surface area contributed by atoms with E-state index >= 15 is 0 Å². The van der Waals surface area contributed by atoms with Gasteiger partial charge in [0, 0.05) is 19.6 Å². The highest BCUT2D eigenvalue weighted by atomic mass is 16.2. The average Bonchev–Trinajstić information content (AvgIpc) is 2.28. The molecule has 0 aromatic carbocycles. The van der Waals surface area contributed by atoms with E-state index in [4.69, 9.17) is 5.73 Å². The number of carbonyl (C=O) groups excluding carboxylic acids is 1. The number of rotatable bonds is 3. The fourth-order valence-corrected chi connectivity index (χ4v) is 1.60. The molecule has 4 nitrogen and oxygen atoms in total. The van der Waals surface area contributed by atoms with Crippen LogP contribution >= 0.6 is 0 Å². The molecule has 1 atom stereocenters. The summed E-state index contributed by atoms with van der Waals surface area (Å²) < 4.78 is 0. The third-order valence-corrected chi connectivity index (χ3v) is 2.50. The van der Waals surface area contributed by atoms with E-state index in [-0.39, 0.29) is 11.9 Å². The van der Waals surface area contributed by atoms with Gasteiger partial charge in [-0.15, -0.1) is 0 Å². The van der Waals surface area contributed by atoms with Crippen LogP contribution in [0.1, 0.15) is 19.8 Å². The minimum absolute atomic E-state index is 0.00838. The van der Waals surface area contributed by atoms with Crippen molar-refractivity contribution in [3.63, 3.8) is 0 Å². The number of amides is 1. The van der Waals surface area contributed by atoms with Gasteiger partial charge in [-0.25, -0.2) is 0 Å². The summed E-state index contributed by atoms with van der Waals surface area (Å²) in [6.07, 6.45) is 2.01. The largest absolute Gasteiger partial charge is 0.355 e. The molecule has 1 saturated heterocycles. The van der Waals surface area contributed by atoms with Crippen molar-refractivity contribution in [1.29, 1.82) is 0 Å². The van der Waals surface area contributed by atoms with Crippen molar-refractivity contribution in [3.8, 4) is 0 Å². The molecule has 1 rings (SSSR count). The third kappa shape index (κ3) is 2.97. The smallest absolute Gasteiger partial charge is 0.237 e. The summed E-state index contributed by atoms with van der Waals surface area (Å²) >= 11 is 0. The molecular formula is C9H19N3O. The van der Waals surface area contributed by atoms with E-state index in [2.05, 4.69) is 10.2 Å². The molecule has 3 N–H and O–H groups in total. The van der Waals surface area contributed by atoms with Crippen LogP contribution in [0.15, 0.2) is 0 Å². The molecular weight excluding hydrogens is 166 g/mol. The van der Waals surface area contributed by atoms with Crippen LogP contribution in [0.25, 0.3) is 0 Å². The lowest BCUT2D eigenvalue weighted by atomic mass is 10.2. The first-order valence-electron chi connectivity index (χ1n) is 4.97. The first-order valence-corrected chi connectivity index (χ1v) is 4.97. The number of nitrogens with zero attached hydrogens (tertiary/aromatic N) is 1. The van der Waals surface area contributed by atoms with Crippen molar-refractivity contribution in [1.82, 2.24) is 10.2 Å². The second-order valence-electron chi connectivity index (χ2n) is 3.50. The standard InChI is InChI=1S/C9H19N3O/c1-8-9(13)11-5-3-7-12(8)6-2-4-10/h8H,2-7,10H2,1H3,(H,11,13). The summed E-state index contributed by atoms with van der Waals surface area (Å²) in [5.41, 5.74) is 5.44. The fraction of sp³-hybridized carbons (Fsp3) is 0.889. The van der Waals surface area contributed by atoms with Gasteiger partial charge >= 0.3 is 0 Å². The molecule has 0 radical (unpaired) electrons. The maximum absolute atomic E-state index is 11.4. The van der Waals surface area contributed by atoms with Crippen molar-refractivity contribution in [2.24, 2.45) is 5.73 Å². The van der Waals surface area contributed by atoms with Crippen LogP contribution < -0.4 is 11.1 Å². The number of hydrogen-bond donors (Lipinski definition) is 2. The normalized spacial score (nSPS) is 25.4. The van der Waals surface area contributed by atoms with Crippen molar-refractivity contribution in [2.45, 2.75) is 25.8 Å². The third-order valence-electron chi connectivity index (χ3n) is 2.50. The lowest BCUT2D eigenvalue weighted by Gasteiger charge is -2.24. The molecule has 0 spiro atoms. The Hall–Kier alpha value is -0.610. The molecule has 13 heavy (non-hydrogen) atoms. The van der Waals surface area contributed by atoms with E-state index < -0.39 is 0 Å².